The van der Waals surface area contributed by atoms with Gasteiger partial charge in [0.15, 0.2) is 18.2 Å². The van der Waals surface area contributed by atoms with Gasteiger partial charge in [0, 0.05) is 12.5 Å². The first-order valence-corrected chi connectivity index (χ1v) is 6.59. The van der Waals surface area contributed by atoms with Crippen molar-refractivity contribution in [3.8, 4) is 5.75 Å². The van der Waals surface area contributed by atoms with Crippen LogP contribution in [0.4, 0.5) is 4.39 Å². The maximum absolute atomic E-state index is 13.8. The minimum absolute atomic E-state index is 0.0711. The van der Waals surface area contributed by atoms with Crippen molar-refractivity contribution >= 4 is 0 Å². The van der Waals surface area contributed by atoms with Crippen molar-refractivity contribution in [3.63, 3.8) is 0 Å². The number of benzene rings is 1. The normalized spacial score (nSPS) is 12.4. The standard InChI is InChI=1S/C14H18FN3O2/c1-3-4-14-17-13(18-20-14)8-19-12-6-5-10(9(2)16)7-11(12)15/h5-7,9H,3-4,8,16H2,1-2H3. The second kappa shape index (κ2) is 6.47. The summed E-state index contributed by atoms with van der Waals surface area (Å²) >= 11 is 0. The number of ether oxygens (including phenoxy) is 1. The van der Waals surface area contributed by atoms with Crippen LogP contribution in [0.2, 0.25) is 0 Å². The number of hydrogen-bond donors (Lipinski definition) is 1. The number of nitrogens with zero attached hydrogens (tertiary/aromatic N) is 2. The van der Waals surface area contributed by atoms with Gasteiger partial charge in [0.2, 0.25) is 11.7 Å². The summed E-state index contributed by atoms with van der Waals surface area (Å²) in [7, 11) is 0. The summed E-state index contributed by atoms with van der Waals surface area (Å²) in [6.45, 7) is 3.89. The van der Waals surface area contributed by atoms with Gasteiger partial charge in [-0.1, -0.05) is 18.1 Å². The molecule has 1 atom stereocenters. The zero-order valence-electron chi connectivity index (χ0n) is 11.6. The molecule has 20 heavy (non-hydrogen) atoms. The Morgan fingerprint density at radius 3 is 2.90 bits per heavy atom. The van der Waals surface area contributed by atoms with E-state index in [-0.39, 0.29) is 18.4 Å². The first-order valence-electron chi connectivity index (χ1n) is 6.59. The van der Waals surface area contributed by atoms with E-state index in [1.54, 1.807) is 19.1 Å². The van der Waals surface area contributed by atoms with Gasteiger partial charge in [-0.25, -0.2) is 4.39 Å². The second-order valence-corrected chi connectivity index (χ2v) is 4.62. The molecule has 0 spiro atoms. The molecular weight excluding hydrogens is 261 g/mol. The van der Waals surface area contributed by atoms with Crippen LogP contribution in [0, 0.1) is 5.82 Å². The molecule has 0 saturated carbocycles. The molecule has 0 saturated heterocycles. The summed E-state index contributed by atoms with van der Waals surface area (Å²) in [6.07, 6.45) is 1.65. The average Bonchev–Trinajstić information content (AvgIpc) is 2.85. The molecule has 0 bridgehead atoms. The Morgan fingerprint density at radius 2 is 2.25 bits per heavy atom. The smallest absolute Gasteiger partial charge is 0.226 e. The molecule has 2 aromatic rings. The van der Waals surface area contributed by atoms with E-state index in [1.807, 2.05) is 6.92 Å². The Balaban J connectivity index is 1.99. The van der Waals surface area contributed by atoms with E-state index in [0.29, 0.717) is 11.7 Å². The molecule has 0 aliphatic heterocycles. The van der Waals surface area contributed by atoms with Gasteiger partial charge in [-0.05, 0) is 31.0 Å². The number of nitrogens with two attached hydrogens (primary N) is 1. The maximum Gasteiger partial charge on any atom is 0.226 e. The van der Waals surface area contributed by atoms with Crippen LogP contribution < -0.4 is 10.5 Å². The molecule has 0 aliphatic rings. The molecule has 108 valence electrons. The molecule has 0 radical (unpaired) electrons. The van der Waals surface area contributed by atoms with Crippen LogP contribution in [0.3, 0.4) is 0 Å². The Morgan fingerprint density at radius 1 is 1.45 bits per heavy atom. The summed E-state index contributed by atoms with van der Waals surface area (Å²) in [5.74, 6) is 0.677. The van der Waals surface area contributed by atoms with Gasteiger partial charge in [0.05, 0.1) is 0 Å². The minimum atomic E-state index is -0.447. The SMILES string of the molecule is CCCc1nc(COc2ccc(C(C)N)cc2F)no1. The molecule has 1 aromatic heterocycles. The van der Waals surface area contributed by atoms with Crippen molar-refractivity contribution in [2.45, 2.75) is 39.3 Å². The molecule has 2 rings (SSSR count). The van der Waals surface area contributed by atoms with Gasteiger partial charge >= 0.3 is 0 Å². The van der Waals surface area contributed by atoms with Gasteiger partial charge in [-0.15, -0.1) is 0 Å². The van der Waals surface area contributed by atoms with Crippen LogP contribution >= 0.6 is 0 Å². The summed E-state index contributed by atoms with van der Waals surface area (Å²) in [4.78, 5) is 4.15. The predicted octanol–water partition coefficient (Wildman–Crippen LogP) is 2.76. The lowest BCUT2D eigenvalue weighted by Crippen LogP contribution is -2.06. The van der Waals surface area contributed by atoms with Crippen molar-refractivity contribution in [3.05, 3.63) is 41.3 Å². The van der Waals surface area contributed by atoms with E-state index in [1.165, 1.54) is 6.07 Å². The summed E-state index contributed by atoms with van der Waals surface area (Å²) in [6, 6.07) is 4.45. The quantitative estimate of drug-likeness (QED) is 0.880. The monoisotopic (exact) mass is 279 g/mol. The molecule has 1 heterocycles. The minimum Gasteiger partial charge on any atom is -0.482 e. The first kappa shape index (κ1) is 14.5. The number of rotatable bonds is 6. The van der Waals surface area contributed by atoms with Gasteiger partial charge in [0.25, 0.3) is 0 Å². The van der Waals surface area contributed by atoms with Crippen molar-refractivity contribution in [1.82, 2.24) is 10.1 Å². The summed E-state index contributed by atoms with van der Waals surface area (Å²) in [5.41, 5.74) is 6.41. The van der Waals surface area contributed by atoms with Crippen LogP contribution in [0.15, 0.2) is 22.7 Å². The molecule has 0 aliphatic carbocycles. The molecule has 1 unspecified atom stereocenters. The molecule has 2 N–H and O–H groups in total. The fourth-order valence-electron chi connectivity index (χ4n) is 1.72. The van der Waals surface area contributed by atoms with Crippen molar-refractivity contribution in [2.24, 2.45) is 5.73 Å². The highest BCUT2D eigenvalue weighted by atomic mass is 19.1. The molecule has 0 amide bonds. The van der Waals surface area contributed by atoms with Crippen LogP contribution in [0.5, 0.6) is 5.75 Å². The van der Waals surface area contributed by atoms with Crippen LogP contribution in [-0.2, 0) is 13.0 Å². The Bertz CT molecular complexity index is 569. The van der Waals surface area contributed by atoms with Crippen LogP contribution in [-0.4, -0.2) is 10.1 Å². The Hall–Kier alpha value is -1.95. The molecule has 5 nitrogen and oxygen atoms in total. The third-order valence-electron chi connectivity index (χ3n) is 2.81. The highest BCUT2D eigenvalue weighted by molar-refractivity contribution is 5.30. The number of hydrogen-bond acceptors (Lipinski definition) is 5. The van der Waals surface area contributed by atoms with E-state index in [4.69, 9.17) is 15.0 Å². The molecule has 1 aromatic carbocycles. The largest absolute Gasteiger partial charge is 0.482 e. The number of halogens is 1. The predicted molar refractivity (Wildman–Crippen MR) is 71.6 cm³/mol. The topological polar surface area (TPSA) is 74.2 Å². The Labute approximate surface area is 116 Å². The van der Waals surface area contributed by atoms with Gasteiger partial charge < -0.3 is 15.0 Å². The van der Waals surface area contributed by atoms with E-state index in [0.717, 1.165) is 18.4 Å². The van der Waals surface area contributed by atoms with E-state index in [2.05, 4.69) is 10.1 Å². The molecule has 6 heteroatoms. The summed E-state index contributed by atoms with van der Waals surface area (Å²) in [5, 5.41) is 3.77. The lowest BCUT2D eigenvalue weighted by atomic mass is 10.1. The zero-order valence-corrected chi connectivity index (χ0v) is 11.6. The van der Waals surface area contributed by atoms with Gasteiger partial charge in [0.1, 0.15) is 0 Å². The van der Waals surface area contributed by atoms with Crippen LogP contribution in [0.25, 0.3) is 0 Å². The average molecular weight is 279 g/mol. The fourth-order valence-corrected chi connectivity index (χ4v) is 1.72. The zero-order chi connectivity index (χ0) is 14.5. The van der Waals surface area contributed by atoms with E-state index < -0.39 is 5.82 Å². The van der Waals surface area contributed by atoms with Crippen molar-refractivity contribution in [2.75, 3.05) is 0 Å². The molecule has 0 fully saturated rings. The van der Waals surface area contributed by atoms with Crippen molar-refractivity contribution < 1.29 is 13.7 Å². The van der Waals surface area contributed by atoms with E-state index >= 15 is 0 Å². The van der Waals surface area contributed by atoms with Crippen LogP contribution in [0.1, 0.15) is 43.6 Å². The Kier molecular flexibility index (Phi) is 4.68. The maximum atomic E-state index is 13.8. The lowest BCUT2D eigenvalue weighted by Gasteiger charge is -2.09. The third-order valence-corrected chi connectivity index (χ3v) is 2.81. The van der Waals surface area contributed by atoms with E-state index in [9.17, 15) is 4.39 Å². The van der Waals surface area contributed by atoms with Gasteiger partial charge in [-0.3, -0.25) is 0 Å². The molecular formula is C14H18FN3O2. The summed E-state index contributed by atoms with van der Waals surface area (Å²) < 4.78 is 24.2. The highest BCUT2D eigenvalue weighted by Gasteiger charge is 2.10. The first-order chi connectivity index (χ1) is 9.60. The fraction of sp³-hybridized carbons (Fsp3) is 0.429. The second-order valence-electron chi connectivity index (χ2n) is 4.62. The lowest BCUT2D eigenvalue weighted by molar-refractivity contribution is 0.272. The number of aryl methyl sites for hydroxylation is 1. The van der Waals surface area contributed by atoms with Gasteiger partial charge in [-0.2, -0.15) is 4.98 Å². The number of aromatic nitrogens is 2. The highest BCUT2D eigenvalue weighted by Crippen LogP contribution is 2.21. The third kappa shape index (κ3) is 3.54. The van der Waals surface area contributed by atoms with Crippen molar-refractivity contribution in [1.29, 1.82) is 0 Å².